The van der Waals surface area contributed by atoms with Crippen molar-refractivity contribution < 1.29 is 14.3 Å². The summed E-state index contributed by atoms with van der Waals surface area (Å²) >= 11 is 0. The van der Waals surface area contributed by atoms with E-state index in [0.29, 0.717) is 0 Å². The lowest BCUT2D eigenvalue weighted by Gasteiger charge is -2.39. The van der Waals surface area contributed by atoms with Crippen LogP contribution in [0.2, 0.25) is 0 Å². The molecule has 22 heavy (non-hydrogen) atoms. The highest BCUT2D eigenvalue weighted by Gasteiger charge is 2.45. The quantitative estimate of drug-likeness (QED) is 0.840. The van der Waals surface area contributed by atoms with Crippen LogP contribution >= 0.6 is 0 Å². The van der Waals surface area contributed by atoms with Crippen LogP contribution in [-0.4, -0.2) is 39.8 Å². The van der Waals surface area contributed by atoms with Crippen molar-refractivity contribution in [3.8, 4) is 5.75 Å². The normalized spacial score (nSPS) is 27.6. The zero-order chi connectivity index (χ0) is 15.7. The lowest BCUT2D eigenvalue weighted by Crippen LogP contribution is -2.50. The third-order valence-corrected chi connectivity index (χ3v) is 4.25. The molecule has 2 saturated heterocycles. The summed E-state index contributed by atoms with van der Waals surface area (Å²) in [6.07, 6.45) is 7.29. The van der Waals surface area contributed by atoms with Crippen molar-refractivity contribution in [3.63, 3.8) is 0 Å². The first kappa shape index (κ1) is 15.1. The zero-order valence-electron chi connectivity index (χ0n) is 13.5. The Morgan fingerprint density at radius 3 is 2.32 bits per heavy atom. The van der Waals surface area contributed by atoms with Crippen molar-refractivity contribution in [2.75, 3.05) is 0 Å². The summed E-state index contributed by atoms with van der Waals surface area (Å²) in [6.45, 7) is 5.73. The molecule has 120 valence electrons. The molecule has 0 saturated carbocycles. The van der Waals surface area contributed by atoms with Gasteiger partial charge in [-0.1, -0.05) is 0 Å². The van der Waals surface area contributed by atoms with Gasteiger partial charge in [-0.25, -0.2) is 4.79 Å². The van der Waals surface area contributed by atoms with Crippen molar-refractivity contribution in [1.82, 2.24) is 9.88 Å². The van der Waals surface area contributed by atoms with Gasteiger partial charge in [0.05, 0.1) is 0 Å². The molecule has 5 nitrogen and oxygen atoms in total. The second-order valence-electron chi connectivity index (χ2n) is 7.17. The number of carbonyl (C=O) groups excluding carboxylic acids is 1. The summed E-state index contributed by atoms with van der Waals surface area (Å²) in [7, 11) is 0. The van der Waals surface area contributed by atoms with Gasteiger partial charge < -0.3 is 14.4 Å². The molecule has 3 rings (SSSR count). The molecule has 0 radical (unpaired) electrons. The van der Waals surface area contributed by atoms with Crippen molar-refractivity contribution in [3.05, 3.63) is 24.5 Å². The minimum Gasteiger partial charge on any atom is -0.490 e. The maximum Gasteiger partial charge on any atom is 0.410 e. The van der Waals surface area contributed by atoms with Crippen LogP contribution in [0.4, 0.5) is 4.79 Å². The molecule has 1 amide bonds. The van der Waals surface area contributed by atoms with E-state index in [4.69, 9.17) is 9.47 Å². The molecule has 0 aliphatic carbocycles. The Hall–Kier alpha value is -1.78. The second kappa shape index (κ2) is 5.78. The van der Waals surface area contributed by atoms with Gasteiger partial charge >= 0.3 is 6.09 Å². The number of amides is 1. The second-order valence-corrected chi connectivity index (χ2v) is 7.17. The number of ether oxygens (including phenoxy) is 2. The maximum atomic E-state index is 12.4. The Bertz CT molecular complexity index is 512. The van der Waals surface area contributed by atoms with Gasteiger partial charge in [-0.2, -0.15) is 0 Å². The van der Waals surface area contributed by atoms with Gasteiger partial charge in [0.1, 0.15) is 17.5 Å². The minimum atomic E-state index is -0.444. The summed E-state index contributed by atoms with van der Waals surface area (Å²) in [5.74, 6) is 0.852. The van der Waals surface area contributed by atoms with Crippen molar-refractivity contribution in [2.24, 2.45) is 0 Å². The van der Waals surface area contributed by atoms with Gasteiger partial charge in [0, 0.05) is 37.3 Å². The Morgan fingerprint density at radius 2 is 1.77 bits per heavy atom. The summed E-state index contributed by atoms with van der Waals surface area (Å²) in [5, 5.41) is 0. The van der Waals surface area contributed by atoms with Crippen molar-refractivity contribution in [1.29, 1.82) is 0 Å². The average molecular weight is 304 g/mol. The molecule has 1 unspecified atom stereocenters. The van der Waals surface area contributed by atoms with E-state index in [9.17, 15) is 4.79 Å². The van der Waals surface area contributed by atoms with Crippen LogP contribution < -0.4 is 4.74 Å². The van der Waals surface area contributed by atoms with Crippen LogP contribution in [0.3, 0.4) is 0 Å². The number of hydrogen-bond donors (Lipinski definition) is 0. The van der Waals surface area contributed by atoms with Gasteiger partial charge in [-0.3, -0.25) is 4.98 Å². The van der Waals surface area contributed by atoms with E-state index < -0.39 is 5.60 Å². The predicted molar refractivity (Wildman–Crippen MR) is 82.8 cm³/mol. The Labute approximate surface area is 131 Å². The number of fused-ring (bicyclic) bond motifs is 2. The van der Waals surface area contributed by atoms with E-state index in [1.165, 1.54) is 0 Å². The fourth-order valence-electron chi connectivity index (χ4n) is 3.45. The summed E-state index contributed by atoms with van der Waals surface area (Å²) in [5.41, 5.74) is -0.444. The Kier molecular flexibility index (Phi) is 3.98. The molecule has 2 fully saturated rings. The van der Waals surface area contributed by atoms with Gasteiger partial charge in [-0.05, 0) is 45.7 Å². The van der Waals surface area contributed by atoms with Crippen molar-refractivity contribution >= 4 is 6.09 Å². The number of nitrogens with zero attached hydrogens (tertiary/aromatic N) is 2. The maximum absolute atomic E-state index is 12.4. The first-order chi connectivity index (χ1) is 10.4. The Morgan fingerprint density at radius 1 is 1.18 bits per heavy atom. The number of aromatic nitrogens is 1. The topological polar surface area (TPSA) is 51.7 Å². The van der Waals surface area contributed by atoms with Gasteiger partial charge in [0.2, 0.25) is 0 Å². The lowest BCUT2D eigenvalue weighted by atomic mass is 10.00. The highest BCUT2D eigenvalue weighted by Crippen LogP contribution is 2.38. The first-order valence-electron chi connectivity index (χ1n) is 8.00. The van der Waals surface area contributed by atoms with Gasteiger partial charge in [-0.15, -0.1) is 0 Å². The number of carbonyl (C=O) groups is 1. The molecular weight excluding hydrogens is 280 g/mol. The van der Waals surface area contributed by atoms with E-state index in [1.807, 2.05) is 37.8 Å². The van der Waals surface area contributed by atoms with E-state index in [1.54, 1.807) is 12.4 Å². The Balaban J connectivity index is 1.63. The van der Waals surface area contributed by atoms with Gasteiger partial charge in [0.25, 0.3) is 0 Å². The molecule has 2 bridgehead atoms. The van der Waals surface area contributed by atoms with Crippen LogP contribution in [0.25, 0.3) is 0 Å². The largest absolute Gasteiger partial charge is 0.490 e. The molecule has 0 aromatic carbocycles. The molecule has 2 aliphatic heterocycles. The molecule has 1 aromatic heterocycles. The SMILES string of the molecule is CC(C)(C)OC(=O)N1[C@@H]2CC[C@H]1CC(Oc1ccncc1)C2. The smallest absolute Gasteiger partial charge is 0.410 e. The molecule has 2 aliphatic rings. The lowest BCUT2D eigenvalue weighted by molar-refractivity contribution is -0.00707. The molecule has 0 N–H and O–H groups in total. The first-order valence-corrected chi connectivity index (χ1v) is 8.00. The minimum absolute atomic E-state index is 0.165. The van der Waals surface area contributed by atoms with E-state index in [0.717, 1.165) is 31.4 Å². The third-order valence-electron chi connectivity index (χ3n) is 4.25. The molecule has 3 heterocycles. The van der Waals surface area contributed by atoms with E-state index >= 15 is 0 Å². The van der Waals surface area contributed by atoms with Crippen LogP contribution in [-0.2, 0) is 4.74 Å². The summed E-state index contributed by atoms with van der Waals surface area (Å²) < 4.78 is 11.6. The number of rotatable bonds is 2. The summed E-state index contributed by atoms with van der Waals surface area (Å²) in [4.78, 5) is 18.3. The third kappa shape index (κ3) is 3.34. The van der Waals surface area contributed by atoms with Crippen LogP contribution in [0.1, 0.15) is 46.5 Å². The molecular formula is C17H24N2O3. The summed E-state index contributed by atoms with van der Waals surface area (Å²) in [6, 6.07) is 4.23. The van der Waals surface area contributed by atoms with Crippen molar-refractivity contribution in [2.45, 2.75) is 70.2 Å². The van der Waals surface area contributed by atoms with Crippen LogP contribution in [0.15, 0.2) is 24.5 Å². The zero-order valence-corrected chi connectivity index (χ0v) is 13.5. The molecule has 5 heteroatoms. The van der Waals surface area contributed by atoms with Gasteiger partial charge in [0.15, 0.2) is 0 Å². The highest BCUT2D eigenvalue weighted by molar-refractivity contribution is 5.69. The van der Waals surface area contributed by atoms with Crippen LogP contribution in [0, 0.1) is 0 Å². The van der Waals surface area contributed by atoms with E-state index in [-0.39, 0.29) is 24.3 Å². The molecule has 0 spiro atoms. The average Bonchev–Trinajstić information content (AvgIpc) is 2.70. The highest BCUT2D eigenvalue weighted by atomic mass is 16.6. The molecule has 3 atom stereocenters. The molecule has 1 aromatic rings. The number of piperidine rings is 1. The standard InChI is InChI=1S/C17H24N2O3/c1-17(2,3)22-16(20)19-12-4-5-13(19)11-15(10-12)21-14-6-8-18-9-7-14/h6-9,12-13,15H,4-5,10-11H2,1-3H3/t12-,13+,15?. The fourth-order valence-corrected chi connectivity index (χ4v) is 3.45. The number of pyridine rings is 1. The van der Waals surface area contributed by atoms with Crippen LogP contribution in [0.5, 0.6) is 5.75 Å². The monoisotopic (exact) mass is 304 g/mol. The number of hydrogen-bond acceptors (Lipinski definition) is 4. The fraction of sp³-hybridized carbons (Fsp3) is 0.647. The predicted octanol–water partition coefficient (Wildman–Crippen LogP) is 3.39. The van der Waals surface area contributed by atoms with E-state index in [2.05, 4.69) is 4.98 Å².